The number of nitrogens with one attached hydrogen (secondary N) is 2. The van der Waals surface area contributed by atoms with E-state index in [1.807, 2.05) is 6.07 Å². The van der Waals surface area contributed by atoms with Gasteiger partial charge in [-0.05, 0) is 42.2 Å². The van der Waals surface area contributed by atoms with Gasteiger partial charge in [0.15, 0.2) is 0 Å². The summed E-state index contributed by atoms with van der Waals surface area (Å²) in [5.74, 6) is -0.0676. The Kier molecular flexibility index (Phi) is 8.67. The quantitative estimate of drug-likeness (QED) is 0.157. The molecule has 0 saturated carbocycles. The van der Waals surface area contributed by atoms with Crippen LogP contribution in [0, 0.1) is 11.3 Å². The zero-order chi connectivity index (χ0) is 28.9. The van der Waals surface area contributed by atoms with E-state index in [1.54, 1.807) is 60.7 Å². The van der Waals surface area contributed by atoms with Crippen LogP contribution in [0.25, 0.3) is 11.1 Å². The van der Waals surface area contributed by atoms with Crippen LogP contribution < -0.4 is 16.2 Å². The third-order valence-corrected chi connectivity index (χ3v) is 7.50. The highest BCUT2D eigenvalue weighted by Crippen LogP contribution is 2.31. The summed E-state index contributed by atoms with van der Waals surface area (Å²) in [7, 11) is -3.91. The number of carbonyl (C=O) groups is 1. The zero-order valence-corrected chi connectivity index (χ0v) is 23.2. The maximum Gasteiger partial charge on any atom is 0.274 e. The number of amidine groups is 1. The highest BCUT2D eigenvalue weighted by molar-refractivity contribution is 7.89. The summed E-state index contributed by atoms with van der Waals surface area (Å²) in [6.07, 6.45) is 0.981. The number of amides is 1. The van der Waals surface area contributed by atoms with Crippen LogP contribution in [0.2, 0.25) is 0 Å². The monoisotopic (exact) mass is 563 g/mol. The van der Waals surface area contributed by atoms with Gasteiger partial charge in [0.25, 0.3) is 5.91 Å². The van der Waals surface area contributed by atoms with Gasteiger partial charge in [0.2, 0.25) is 15.6 Å². The lowest BCUT2D eigenvalue weighted by atomic mass is 9.93. The van der Waals surface area contributed by atoms with E-state index in [0.717, 1.165) is 6.42 Å². The van der Waals surface area contributed by atoms with Gasteiger partial charge in [0, 0.05) is 35.4 Å². The lowest BCUT2D eigenvalue weighted by Gasteiger charge is -2.25. The molecule has 0 radical (unpaired) electrons. The number of rotatable bonds is 11. The van der Waals surface area contributed by atoms with E-state index < -0.39 is 21.5 Å². The van der Waals surface area contributed by atoms with Gasteiger partial charge in [0.05, 0.1) is 17.2 Å². The number of hydrogen-bond donors (Lipinski definition) is 4. The van der Waals surface area contributed by atoms with Gasteiger partial charge in [-0.25, -0.2) is 13.6 Å². The molecule has 1 aliphatic rings. The third kappa shape index (κ3) is 6.74. The standard InChI is InChI=1S/C29H33N5O5S/c1-19(2)14-15-38-18-29(17-25(34-39-29)21-6-5-7-22(16-21)27(30)31)28(35)33-23-12-10-20(11-13-23)24-8-3-4-9-26(24)40(32,36)37/h3-13,16,19H,14-15,17-18H2,1-2H3,(H3,30,31)(H,33,35)(H2,32,36,37). The number of hydrogen-bond acceptors (Lipinski definition) is 7. The smallest absolute Gasteiger partial charge is 0.274 e. The van der Waals surface area contributed by atoms with E-state index >= 15 is 0 Å². The first-order valence-corrected chi connectivity index (χ1v) is 14.3. The molecule has 1 aliphatic heterocycles. The fourth-order valence-corrected chi connectivity index (χ4v) is 5.01. The number of nitrogen functional groups attached to an aromatic ring is 1. The molecule has 1 atom stereocenters. The molecular weight excluding hydrogens is 530 g/mol. The molecule has 10 nitrogen and oxygen atoms in total. The number of nitrogens with zero attached hydrogens (tertiary/aromatic N) is 1. The Morgan fingerprint density at radius 2 is 1.82 bits per heavy atom. The normalized spacial score (nSPS) is 16.9. The molecule has 0 aromatic heterocycles. The molecule has 1 amide bonds. The number of primary sulfonamides is 1. The van der Waals surface area contributed by atoms with Crippen LogP contribution in [0.1, 0.15) is 37.8 Å². The Balaban J connectivity index is 1.54. The van der Waals surface area contributed by atoms with Crippen LogP contribution in [0.3, 0.4) is 0 Å². The molecule has 1 unspecified atom stereocenters. The molecule has 3 aromatic carbocycles. The predicted octanol–water partition coefficient (Wildman–Crippen LogP) is 3.85. The molecule has 1 heterocycles. The van der Waals surface area contributed by atoms with Crippen molar-refractivity contribution in [2.24, 2.45) is 21.9 Å². The lowest BCUT2D eigenvalue weighted by Crippen LogP contribution is -2.47. The predicted molar refractivity (Wildman–Crippen MR) is 155 cm³/mol. The minimum Gasteiger partial charge on any atom is -0.384 e. The third-order valence-electron chi connectivity index (χ3n) is 6.53. The van der Waals surface area contributed by atoms with Crippen LogP contribution in [0.15, 0.2) is 82.8 Å². The highest BCUT2D eigenvalue weighted by Gasteiger charge is 2.47. The Bertz CT molecular complexity index is 1540. The van der Waals surface area contributed by atoms with Gasteiger partial charge >= 0.3 is 0 Å². The van der Waals surface area contributed by atoms with Gasteiger partial charge in [-0.3, -0.25) is 10.2 Å². The van der Waals surface area contributed by atoms with Crippen molar-refractivity contribution in [3.05, 3.63) is 83.9 Å². The first-order chi connectivity index (χ1) is 19.0. The largest absolute Gasteiger partial charge is 0.384 e. The van der Waals surface area contributed by atoms with Crippen LogP contribution in [-0.4, -0.2) is 44.7 Å². The van der Waals surface area contributed by atoms with E-state index in [0.29, 0.717) is 46.2 Å². The van der Waals surface area contributed by atoms with E-state index in [9.17, 15) is 13.2 Å². The molecule has 4 rings (SSSR count). The van der Waals surface area contributed by atoms with E-state index in [1.165, 1.54) is 6.07 Å². The molecule has 40 heavy (non-hydrogen) atoms. The topological polar surface area (TPSA) is 170 Å². The Labute approximate surface area is 233 Å². The number of ether oxygens (including phenoxy) is 1. The Morgan fingerprint density at radius 3 is 2.50 bits per heavy atom. The Morgan fingerprint density at radius 1 is 1.10 bits per heavy atom. The van der Waals surface area contributed by atoms with Gasteiger partial charge < -0.3 is 20.6 Å². The number of anilines is 1. The maximum atomic E-state index is 13.6. The summed E-state index contributed by atoms with van der Waals surface area (Å²) in [5, 5.41) is 20.2. The van der Waals surface area contributed by atoms with Crippen molar-refractivity contribution in [1.29, 1.82) is 5.41 Å². The zero-order valence-electron chi connectivity index (χ0n) is 22.4. The van der Waals surface area contributed by atoms with E-state index in [2.05, 4.69) is 24.3 Å². The van der Waals surface area contributed by atoms with Crippen molar-refractivity contribution in [2.75, 3.05) is 18.5 Å². The second-order valence-electron chi connectivity index (χ2n) is 10.1. The molecule has 3 aromatic rings. The van der Waals surface area contributed by atoms with Crippen molar-refractivity contribution >= 4 is 33.2 Å². The summed E-state index contributed by atoms with van der Waals surface area (Å²) in [4.78, 5) is 19.4. The number of oxime groups is 1. The molecule has 0 saturated heterocycles. The first kappa shape index (κ1) is 28.9. The lowest BCUT2D eigenvalue weighted by molar-refractivity contribution is -0.146. The van der Waals surface area contributed by atoms with Crippen molar-refractivity contribution in [2.45, 2.75) is 37.2 Å². The van der Waals surface area contributed by atoms with Gasteiger partial charge in [-0.1, -0.05) is 67.5 Å². The molecule has 0 aliphatic carbocycles. The minimum atomic E-state index is -3.91. The summed E-state index contributed by atoms with van der Waals surface area (Å²) in [6, 6.07) is 20.3. The number of carbonyl (C=O) groups excluding carboxylic acids is 1. The molecule has 0 spiro atoms. The van der Waals surface area contributed by atoms with Crippen LogP contribution in [0.5, 0.6) is 0 Å². The number of nitrogens with two attached hydrogens (primary N) is 2. The highest BCUT2D eigenvalue weighted by atomic mass is 32.2. The van der Waals surface area contributed by atoms with E-state index in [-0.39, 0.29) is 23.8 Å². The van der Waals surface area contributed by atoms with Crippen molar-refractivity contribution < 1.29 is 22.8 Å². The van der Waals surface area contributed by atoms with Gasteiger partial charge in [-0.2, -0.15) is 0 Å². The fraction of sp³-hybridized carbons (Fsp3) is 0.276. The summed E-state index contributed by atoms with van der Waals surface area (Å²) < 4.78 is 29.9. The van der Waals surface area contributed by atoms with Crippen LogP contribution in [-0.2, 0) is 24.4 Å². The second kappa shape index (κ2) is 12.0. The number of benzene rings is 3. The molecule has 0 bridgehead atoms. The van der Waals surface area contributed by atoms with Gasteiger partial charge in [0.1, 0.15) is 5.84 Å². The average molecular weight is 564 g/mol. The van der Waals surface area contributed by atoms with Crippen molar-refractivity contribution in [3.8, 4) is 11.1 Å². The fourth-order valence-electron chi connectivity index (χ4n) is 4.25. The first-order valence-electron chi connectivity index (χ1n) is 12.8. The molecular formula is C29H33N5O5S. The van der Waals surface area contributed by atoms with Crippen LogP contribution in [0.4, 0.5) is 5.69 Å². The van der Waals surface area contributed by atoms with Crippen LogP contribution >= 0.6 is 0 Å². The summed E-state index contributed by atoms with van der Waals surface area (Å²) >= 11 is 0. The molecule has 0 fully saturated rings. The summed E-state index contributed by atoms with van der Waals surface area (Å²) in [5.41, 5.74) is 7.59. The minimum absolute atomic E-state index is 0.00916. The van der Waals surface area contributed by atoms with Crippen molar-refractivity contribution in [3.63, 3.8) is 0 Å². The Hall–Kier alpha value is -4.06. The van der Waals surface area contributed by atoms with Gasteiger partial charge in [-0.15, -0.1) is 0 Å². The molecule has 6 N–H and O–H groups in total. The average Bonchev–Trinajstić information content (AvgIpc) is 3.37. The summed E-state index contributed by atoms with van der Waals surface area (Å²) in [6.45, 7) is 4.63. The van der Waals surface area contributed by atoms with E-state index in [4.69, 9.17) is 25.9 Å². The van der Waals surface area contributed by atoms with Crippen molar-refractivity contribution in [1.82, 2.24) is 0 Å². The molecule has 210 valence electrons. The molecule has 11 heteroatoms. The SMILES string of the molecule is CC(C)CCOCC1(C(=O)Nc2ccc(-c3ccccc3S(N)(=O)=O)cc2)CC(c2cccc(C(=N)N)c2)=NO1. The second-order valence-corrected chi connectivity index (χ2v) is 11.6. The number of sulfonamides is 1. The maximum absolute atomic E-state index is 13.6.